The summed E-state index contributed by atoms with van der Waals surface area (Å²) < 4.78 is 15.9. The number of aliphatic hydroxyl groups excluding tert-OH is 1. The molecule has 1 atom stereocenters. The van der Waals surface area contributed by atoms with Crippen LogP contribution in [0.15, 0.2) is 30.3 Å². The van der Waals surface area contributed by atoms with E-state index in [9.17, 15) is 9.50 Å². The van der Waals surface area contributed by atoms with Crippen molar-refractivity contribution < 1.29 is 9.50 Å². The van der Waals surface area contributed by atoms with Gasteiger partial charge in [0.15, 0.2) is 0 Å². The molecule has 0 fully saturated rings. The van der Waals surface area contributed by atoms with Crippen LogP contribution >= 0.6 is 0 Å². The summed E-state index contributed by atoms with van der Waals surface area (Å²) in [6.07, 6.45) is 2.24. The fourth-order valence-electron chi connectivity index (χ4n) is 2.85. The summed E-state index contributed by atoms with van der Waals surface area (Å²) in [6.45, 7) is 1.96. The van der Waals surface area contributed by atoms with Gasteiger partial charge in [0.25, 0.3) is 0 Å². The van der Waals surface area contributed by atoms with Crippen LogP contribution in [0.25, 0.3) is 5.69 Å². The van der Waals surface area contributed by atoms with Crippen molar-refractivity contribution in [2.75, 3.05) is 0 Å². The zero-order valence-corrected chi connectivity index (χ0v) is 10.4. The Morgan fingerprint density at radius 3 is 2.89 bits per heavy atom. The molecule has 1 heterocycles. The van der Waals surface area contributed by atoms with E-state index in [0.29, 0.717) is 5.69 Å². The molecule has 94 valence electrons. The predicted molar refractivity (Wildman–Crippen MR) is 68.4 cm³/mol. The number of aromatic nitrogens is 1. The summed E-state index contributed by atoms with van der Waals surface area (Å²) in [5, 5.41) is 10.0. The maximum atomic E-state index is 13.9. The van der Waals surface area contributed by atoms with E-state index < -0.39 is 6.10 Å². The molecule has 2 aromatic rings. The van der Waals surface area contributed by atoms with Crippen molar-refractivity contribution in [2.24, 2.45) is 0 Å². The normalized spacial score (nSPS) is 18.7. The van der Waals surface area contributed by atoms with Crippen molar-refractivity contribution in [3.05, 3.63) is 53.1 Å². The number of nitrogens with zero attached hydrogens (tertiary/aromatic N) is 1. The summed E-state index contributed by atoms with van der Waals surface area (Å²) in [7, 11) is 0. The van der Waals surface area contributed by atoms with Gasteiger partial charge in [-0.25, -0.2) is 4.39 Å². The molecule has 0 aliphatic heterocycles. The van der Waals surface area contributed by atoms with Crippen molar-refractivity contribution in [2.45, 2.75) is 32.3 Å². The largest absolute Gasteiger partial charge is 0.388 e. The van der Waals surface area contributed by atoms with Gasteiger partial charge in [0, 0.05) is 17.0 Å². The number of para-hydroxylation sites is 1. The fraction of sp³-hybridized carbons (Fsp3) is 0.333. The van der Waals surface area contributed by atoms with Gasteiger partial charge in [0.05, 0.1) is 11.8 Å². The first-order valence-electron chi connectivity index (χ1n) is 6.32. The third-order valence-corrected chi connectivity index (χ3v) is 3.66. The number of hydrogen-bond acceptors (Lipinski definition) is 1. The van der Waals surface area contributed by atoms with Crippen LogP contribution in [0.4, 0.5) is 4.39 Å². The van der Waals surface area contributed by atoms with Gasteiger partial charge < -0.3 is 9.67 Å². The SMILES string of the molecule is Cc1cc2c(n1-c1ccccc1F)CCCC2O. The molecule has 3 rings (SSSR count). The van der Waals surface area contributed by atoms with E-state index in [1.165, 1.54) is 6.07 Å². The van der Waals surface area contributed by atoms with Crippen LogP contribution in [0.2, 0.25) is 0 Å². The molecule has 1 aliphatic rings. The van der Waals surface area contributed by atoms with E-state index in [2.05, 4.69) is 0 Å². The van der Waals surface area contributed by atoms with Gasteiger partial charge in [-0.3, -0.25) is 0 Å². The van der Waals surface area contributed by atoms with E-state index >= 15 is 0 Å². The second kappa shape index (κ2) is 4.25. The number of halogens is 1. The van der Waals surface area contributed by atoms with Gasteiger partial charge >= 0.3 is 0 Å². The average molecular weight is 245 g/mol. The standard InChI is InChI=1S/C15H16FNO/c1-10-9-11-13(7-4-8-15(11)18)17(10)14-6-3-2-5-12(14)16/h2-3,5-6,9,15,18H,4,7-8H2,1H3. The molecule has 1 N–H and O–H groups in total. The molecule has 1 unspecified atom stereocenters. The van der Waals surface area contributed by atoms with Gasteiger partial charge in [0.1, 0.15) is 5.82 Å². The van der Waals surface area contributed by atoms with Crippen LogP contribution in [0.3, 0.4) is 0 Å². The number of rotatable bonds is 1. The van der Waals surface area contributed by atoms with Crippen molar-refractivity contribution >= 4 is 0 Å². The monoisotopic (exact) mass is 245 g/mol. The first kappa shape index (κ1) is 11.5. The van der Waals surface area contributed by atoms with Gasteiger partial charge in [-0.05, 0) is 44.4 Å². The highest BCUT2D eigenvalue weighted by molar-refractivity contribution is 5.43. The number of hydrogen-bond donors (Lipinski definition) is 1. The number of fused-ring (bicyclic) bond motifs is 1. The summed E-state index contributed by atoms with van der Waals surface area (Å²) in [6, 6.07) is 8.76. The van der Waals surface area contributed by atoms with Gasteiger partial charge in [-0.2, -0.15) is 0 Å². The summed E-state index contributed by atoms with van der Waals surface area (Å²) in [4.78, 5) is 0. The van der Waals surface area contributed by atoms with Crippen LogP contribution in [-0.4, -0.2) is 9.67 Å². The Balaban J connectivity index is 2.22. The highest BCUT2D eigenvalue weighted by atomic mass is 19.1. The third-order valence-electron chi connectivity index (χ3n) is 3.66. The Hall–Kier alpha value is -1.61. The zero-order valence-electron chi connectivity index (χ0n) is 10.4. The van der Waals surface area contributed by atoms with Crippen LogP contribution in [0, 0.1) is 12.7 Å². The summed E-state index contributed by atoms with van der Waals surface area (Å²) in [5.74, 6) is -0.223. The van der Waals surface area contributed by atoms with Crippen molar-refractivity contribution in [3.8, 4) is 5.69 Å². The van der Waals surface area contributed by atoms with Crippen LogP contribution in [0.5, 0.6) is 0 Å². The van der Waals surface area contributed by atoms with Crippen LogP contribution < -0.4 is 0 Å². The van der Waals surface area contributed by atoms with E-state index in [-0.39, 0.29) is 5.82 Å². The second-order valence-electron chi connectivity index (χ2n) is 4.88. The Morgan fingerprint density at radius 2 is 2.11 bits per heavy atom. The molecule has 0 bridgehead atoms. The predicted octanol–water partition coefficient (Wildman–Crippen LogP) is 3.29. The first-order chi connectivity index (χ1) is 8.68. The minimum absolute atomic E-state index is 0.223. The summed E-state index contributed by atoms with van der Waals surface area (Å²) in [5.41, 5.74) is 3.56. The quantitative estimate of drug-likeness (QED) is 0.819. The molecule has 0 amide bonds. The Bertz CT molecular complexity index is 588. The molecule has 18 heavy (non-hydrogen) atoms. The van der Waals surface area contributed by atoms with Crippen molar-refractivity contribution in [1.29, 1.82) is 0 Å². The maximum absolute atomic E-state index is 13.9. The molecule has 0 radical (unpaired) electrons. The molecule has 0 saturated heterocycles. The molecule has 1 aromatic heterocycles. The minimum Gasteiger partial charge on any atom is -0.388 e. The Morgan fingerprint density at radius 1 is 1.33 bits per heavy atom. The molecule has 1 aliphatic carbocycles. The molecule has 0 spiro atoms. The second-order valence-corrected chi connectivity index (χ2v) is 4.88. The molecular formula is C15H16FNO. The third kappa shape index (κ3) is 1.66. The van der Waals surface area contributed by atoms with Gasteiger partial charge in [-0.15, -0.1) is 0 Å². The van der Waals surface area contributed by atoms with Crippen molar-refractivity contribution in [1.82, 2.24) is 4.57 Å². The highest BCUT2D eigenvalue weighted by Gasteiger charge is 2.24. The van der Waals surface area contributed by atoms with E-state index in [1.807, 2.05) is 23.6 Å². The molecule has 0 saturated carbocycles. The van der Waals surface area contributed by atoms with E-state index in [0.717, 1.165) is 36.2 Å². The average Bonchev–Trinajstić information content (AvgIpc) is 2.68. The Kier molecular flexibility index (Phi) is 2.71. The topological polar surface area (TPSA) is 25.2 Å². The number of aliphatic hydroxyl groups is 1. The molecule has 2 nitrogen and oxygen atoms in total. The van der Waals surface area contributed by atoms with E-state index in [4.69, 9.17) is 0 Å². The fourth-order valence-corrected chi connectivity index (χ4v) is 2.85. The van der Waals surface area contributed by atoms with Crippen LogP contribution in [-0.2, 0) is 6.42 Å². The highest BCUT2D eigenvalue weighted by Crippen LogP contribution is 2.34. The lowest BCUT2D eigenvalue weighted by Gasteiger charge is -2.20. The number of benzene rings is 1. The lowest BCUT2D eigenvalue weighted by molar-refractivity contribution is 0.156. The summed E-state index contributed by atoms with van der Waals surface area (Å²) >= 11 is 0. The minimum atomic E-state index is -0.402. The van der Waals surface area contributed by atoms with E-state index in [1.54, 1.807) is 12.1 Å². The molecule has 1 aromatic carbocycles. The smallest absolute Gasteiger partial charge is 0.147 e. The molecular weight excluding hydrogens is 229 g/mol. The zero-order chi connectivity index (χ0) is 12.7. The molecule has 3 heteroatoms. The first-order valence-corrected chi connectivity index (χ1v) is 6.32. The Labute approximate surface area is 106 Å². The van der Waals surface area contributed by atoms with Gasteiger partial charge in [0.2, 0.25) is 0 Å². The van der Waals surface area contributed by atoms with Crippen molar-refractivity contribution in [3.63, 3.8) is 0 Å². The maximum Gasteiger partial charge on any atom is 0.147 e. The van der Waals surface area contributed by atoms with Crippen LogP contribution in [0.1, 0.15) is 35.9 Å². The lowest BCUT2D eigenvalue weighted by atomic mass is 9.95. The number of aryl methyl sites for hydroxylation is 1. The van der Waals surface area contributed by atoms with Gasteiger partial charge in [-0.1, -0.05) is 12.1 Å². The lowest BCUT2D eigenvalue weighted by Crippen LogP contribution is -2.12.